The summed E-state index contributed by atoms with van der Waals surface area (Å²) in [4.78, 5) is 10.6. The summed E-state index contributed by atoms with van der Waals surface area (Å²) < 4.78 is 10.8. The number of nitrogens with zero attached hydrogens (tertiary/aromatic N) is 2. The highest BCUT2D eigenvalue weighted by molar-refractivity contribution is 7.20. The Morgan fingerprint density at radius 1 is 0.833 bits per heavy atom. The van der Waals surface area contributed by atoms with Crippen LogP contribution in [0.5, 0.6) is 11.5 Å². The predicted octanol–water partition coefficient (Wildman–Crippen LogP) is 5.39. The van der Waals surface area contributed by atoms with Gasteiger partial charge in [-0.3, -0.25) is 0 Å². The van der Waals surface area contributed by atoms with Gasteiger partial charge >= 0.3 is 0 Å². The highest BCUT2D eigenvalue weighted by Crippen LogP contribution is 2.38. The van der Waals surface area contributed by atoms with Crippen molar-refractivity contribution in [3.05, 3.63) is 46.5 Å². The van der Waals surface area contributed by atoms with Gasteiger partial charge in [-0.2, -0.15) is 0 Å². The summed E-state index contributed by atoms with van der Waals surface area (Å²) in [6, 6.07) is 10.0. The summed E-state index contributed by atoms with van der Waals surface area (Å²) in [7, 11) is 0. The molecule has 4 heterocycles. The molecule has 118 valence electrons. The second-order valence-electron chi connectivity index (χ2n) is 5.12. The predicted molar refractivity (Wildman–Crippen MR) is 98.1 cm³/mol. The fourth-order valence-electron chi connectivity index (χ4n) is 2.47. The van der Waals surface area contributed by atoms with Crippen LogP contribution in [-0.2, 0) is 0 Å². The zero-order valence-electron chi connectivity index (χ0n) is 12.3. The molecule has 0 bridgehead atoms. The Kier molecular flexibility index (Phi) is 3.36. The van der Waals surface area contributed by atoms with Crippen LogP contribution in [0.25, 0.3) is 31.8 Å². The Morgan fingerprint density at radius 2 is 1.62 bits per heavy atom. The molecule has 0 aliphatic carbocycles. The molecule has 0 saturated heterocycles. The first-order valence-electron chi connectivity index (χ1n) is 7.22. The Labute approximate surface area is 150 Å². The average Bonchev–Trinajstić information content (AvgIpc) is 3.41. The molecule has 0 atom stereocenters. The van der Waals surface area contributed by atoms with Crippen LogP contribution in [-0.4, -0.2) is 16.8 Å². The first-order chi connectivity index (χ1) is 11.9. The SMILES string of the molecule is c1csc(-c2csc(-c3nc(-c4ccc5c(c4)OCO5)cs3)n2)c1. The third-order valence-electron chi connectivity index (χ3n) is 3.63. The normalized spacial score (nSPS) is 12.7. The van der Waals surface area contributed by atoms with Crippen LogP contribution >= 0.6 is 34.0 Å². The lowest BCUT2D eigenvalue weighted by Gasteiger charge is -1.99. The van der Waals surface area contributed by atoms with Crippen molar-refractivity contribution < 1.29 is 9.47 Å². The van der Waals surface area contributed by atoms with Crippen molar-refractivity contribution in [1.29, 1.82) is 0 Å². The molecule has 24 heavy (non-hydrogen) atoms. The van der Waals surface area contributed by atoms with Crippen LogP contribution in [0.3, 0.4) is 0 Å². The largest absolute Gasteiger partial charge is 0.454 e. The molecule has 7 heteroatoms. The summed E-state index contributed by atoms with van der Waals surface area (Å²) in [6.07, 6.45) is 0. The third kappa shape index (κ3) is 2.41. The lowest BCUT2D eigenvalue weighted by molar-refractivity contribution is 0.174. The van der Waals surface area contributed by atoms with Gasteiger partial charge in [-0.25, -0.2) is 9.97 Å². The van der Waals surface area contributed by atoms with E-state index in [1.165, 1.54) is 4.88 Å². The van der Waals surface area contributed by atoms with Crippen LogP contribution in [0.15, 0.2) is 46.5 Å². The van der Waals surface area contributed by atoms with E-state index < -0.39 is 0 Å². The number of ether oxygens (including phenoxy) is 2. The van der Waals surface area contributed by atoms with E-state index in [1.807, 2.05) is 24.3 Å². The Hall–Kier alpha value is -2.22. The van der Waals surface area contributed by atoms with Crippen LogP contribution in [0, 0.1) is 0 Å². The summed E-state index contributed by atoms with van der Waals surface area (Å²) >= 11 is 4.94. The van der Waals surface area contributed by atoms with Gasteiger partial charge in [0, 0.05) is 16.3 Å². The Balaban J connectivity index is 1.47. The van der Waals surface area contributed by atoms with Gasteiger partial charge in [0.1, 0.15) is 0 Å². The van der Waals surface area contributed by atoms with Gasteiger partial charge in [0.2, 0.25) is 6.79 Å². The van der Waals surface area contributed by atoms with Crippen molar-refractivity contribution in [1.82, 2.24) is 9.97 Å². The number of hydrogen-bond acceptors (Lipinski definition) is 7. The number of rotatable bonds is 3. The molecule has 3 aromatic heterocycles. The maximum Gasteiger partial charge on any atom is 0.231 e. The minimum Gasteiger partial charge on any atom is -0.454 e. The fourth-order valence-corrected chi connectivity index (χ4v) is 4.93. The molecular weight excluding hydrogens is 360 g/mol. The van der Waals surface area contributed by atoms with E-state index >= 15 is 0 Å². The van der Waals surface area contributed by atoms with E-state index in [1.54, 1.807) is 34.0 Å². The molecule has 0 fully saturated rings. The molecule has 0 radical (unpaired) electrons. The molecule has 1 aliphatic rings. The monoisotopic (exact) mass is 370 g/mol. The Bertz CT molecular complexity index is 1000. The summed E-state index contributed by atoms with van der Waals surface area (Å²) in [5.41, 5.74) is 2.97. The number of thiazole rings is 2. The van der Waals surface area contributed by atoms with Gasteiger partial charge in [-0.05, 0) is 29.6 Å². The third-order valence-corrected chi connectivity index (χ3v) is 6.35. The standard InChI is InChI=1S/C17H10N2O2S3/c1-2-15(22-5-1)12-8-24-17(19-12)16-18-11(7-23-16)10-3-4-13-14(6-10)21-9-20-13/h1-8H,9H2. The molecule has 4 aromatic rings. The van der Waals surface area contributed by atoms with Gasteiger partial charge in [0.15, 0.2) is 21.5 Å². The minimum atomic E-state index is 0.283. The quantitative estimate of drug-likeness (QED) is 0.485. The molecule has 1 aliphatic heterocycles. The molecule has 0 saturated carbocycles. The van der Waals surface area contributed by atoms with E-state index in [4.69, 9.17) is 19.4 Å². The van der Waals surface area contributed by atoms with E-state index in [0.29, 0.717) is 0 Å². The van der Waals surface area contributed by atoms with Crippen molar-refractivity contribution in [3.8, 4) is 43.3 Å². The summed E-state index contributed by atoms with van der Waals surface area (Å²) in [5.74, 6) is 1.56. The Morgan fingerprint density at radius 3 is 2.46 bits per heavy atom. The zero-order valence-corrected chi connectivity index (χ0v) is 14.7. The lowest BCUT2D eigenvalue weighted by Crippen LogP contribution is -1.92. The number of hydrogen-bond donors (Lipinski definition) is 0. The number of fused-ring (bicyclic) bond motifs is 1. The first-order valence-corrected chi connectivity index (χ1v) is 9.86. The van der Waals surface area contributed by atoms with Gasteiger partial charge in [0.25, 0.3) is 0 Å². The fraction of sp³-hybridized carbons (Fsp3) is 0.0588. The molecule has 0 amide bonds. The van der Waals surface area contributed by atoms with Crippen molar-refractivity contribution in [3.63, 3.8) is 0 Å². The van der Waals surface area contributed by atoms with Crippen molar-refractivity contribution in [2.45, 2.75) is 0 Å². The van der Waals surface area contributed by atoms with E-state index in [0.717, 1.165) is 38.5 Å². The van der Waals surface area contributed by atoms with Crippen LogP contribution in [0.1, 0.15) is 0 Å². The van der Waals surface area contributed by atoms with Crippen molar-refractivity contribution >= 4 is 34.0 Å². The molecule has 1 aromatic carbocycles. The maximum absolute atomic E-state index is 5.44. The average molecular weight is 370 g/mol. The van der Waals surface area contributed by atoms with Gasteiger partial charge in [0.05, 0.1) is 16.3 Å². The molecule has 4 nitrogen and oxygen atoms in total. The van der Waals surface area contributed by atoms with E-state index in [9.17, 15) is 0 Å². The van der Waals surface area contributed by atoms with Gasteiger partial charge < -0.3 is 9.47 Å². The van der Waals surface area contributed by atoms with Crippen molar-refractivity contribution in [2.24, 2.45) is 0 Å². The molecular formula is C17H10N2O2S3. The van der Waals surface area contributed by atoms with Gasteiger partial charge in [-0.15, -0.1) is 34.0 Å². The van der Waals surface area contributed by atoms with E-state index in [-0.39, 0.29) is 6.79 Å². The number of thiophene rings is 1. The zero-order chi connectivity index (χ0) is 15.9. The van der Waals surface area contributed by atoms with Crippen molar-refractivity contribution in [2.75, 3.05) is 6.79 Å². The molecule has 5 rings (SSSR count). The van der Waals surface area contributed by atoms with Crippen LogP contribution in [0.2, 0.25) is 0 Å². The highest BCUT2D eigenvalue weighted by atomic mass is 32.1. The van der Waals surface area contributed by atoms with Crippen LogP contribution < -0.4 is 9.47 Å². The van der Waals surface area contributed by atoms with Crippen LogP contribution in [0.4, 0.5) is 0 Å². The topological polar surface area (TPSA) is 44.2 Å². The molecule has 0 unspecified atom stereocenters. The minimum absolute atomic E-state index is 0.283. The summed E-state index contributed by atoms with van der Waals surface area (Å²) in [6.45, 7) is 0.283. The molecule has 0 spiro atoms. The summed E-state index contributed by atoms with van der Waals surface area (Å²) in [5, 5.41) is 8.10. The second kappa shape index (κ2) is 5.70. The maximum atomic E-state index is 5.44. The molecule has 0 N–H and O–H groups in total. The first kappa shape index (κ1) is 14.2. The number of aromatic nitrogens is 2. The highest BCUT2D eigenvalue weighted by Gasteiger charge is 2.16. The second-order valence-corrected chi connectivity index (χ2v) is 7.79. The van der Waals surface area contributed by atoms with Gasteiger partial charge in [-0.1, -0.05) is 6.07 Å². The smallest absolute Gasteiger partial charge is 0.231 e. The lowest BCUT2D eigenvalue weighted by atomic mass is 10.1. The number of benzene rings is 1. The van der Waals surface area contributed by atoms with E-state index in [2.05, 4.69) is 22.2 Å².